The maximum Gasteiger partial charge on any atom is 0.326 e. The zero-order valence-electron chi connectivity index (χ0n) is 17.3. The Balaban J connectivity index is 1.50. The number of H-pyrrole nitrogens is 1. The second-order valence-electron chi connectivity index (χ2n) is 8.13. The van der Waals surface area contributed by atoms with Crippen molar-refractivity contribution in [2.75, 3.05) is 37.5 Å². The van der Waals surface area contributed by atoms with Crippen molar-refractivity contribution in [3.05, 3.63) is 36.7 Å². The van der Waals surface area contributed by atoms with E-state index in [4.69, 9.17) is 20.2 Å². The van der Waals surface area contributed by atoms with Gasteiger partial charge in [-0.15, -0.1) is 0 Å². The molecule has 0 amide bonds. The first-order valence-electron chi connectivity index (χ1n) is 10.3. The Morgan fingerprint density at radius 1 is 1.16 bits per heavy atom. The first-order chi connectivity index (χ1) is 15.2. The van der Waals surface area contributed by atoms with Gasteiger partial charge in [-0.3, -0.25) is 4.98 Å². The summed E-state index contributed by atoms with van der Waals surface area (Å²) in [6, 6.07) is 8.50. The van der Waals surface area contributed by atoms with Crippen molar-refractivity contribution in [2.45, 2.75) is 6.04 Å². The summed E-state index contributed by atoms with van der Waals surface area (Å²) in [6.07, 6.45) is 3.24. The van der Waals surface area contributed by atoms with Gasteiger partial charge in [0.25, 0.3) is 0 Å². The number of anilines is 2. The number of nitrogens with zero attached hydrogens (tertiary/aromatic N) is 4. The lowest BCUT2D eigenvalue weighted by atomic mass is 10.1. The van der Waals surface area contributed by atoms with Gasteiger partial charge >= 0.3 is 6.01 Å². The lowest BCUT2D eigenvalue weighted by molar-refractivity contribution is 0.401. The highest BCUT2D eigenvalue weighted by atomic mass is 16.5. The van der Waals surface area contributed by atoms with Crippen LogP contribution >= 0.6 is 0 Å². The van der Waals surface area contributed by atoms with Crippen LogP contribution in [0, 0.1) is 11.8 Å². The van der Waals surface area contributed by atoms with Crippen molar-refractivity contribution in [1.82, 2.24) is 19.9 Å². The number of para-hydroxylation sites is 1. The highest BCUT2D eigenvalue weighted by Gasteiger charge is 2.54. The van der Waals surface area contributed by atoms with E-state index in [9.17, 15) is 0 Å². The fraction of sp³-hybridized carbons (Fsp3) is 0.318. The van der Waals surface area contributed by atoms with E-state index in [1.807, 2.05) is 19.2 Å². The molecular weight excluding hydrogens is 394 g/mol. The molecule has 9 nitrogen and oxygen atoms in total. The minimum atomic E-state index is 0.264. The van der Waals surface area contributed by atoms with Crippen LogP contribution in [0.3, 0.4) is 0 Å². The molecule has 3 aromatic heterocycles. The van der Waals surface area contributed by atoms with Crippen LogP contribution in [0.15, 0.2) is 36.7 Å². The SMILES string of the molecule is CNc1cccc2c1[nH]c1nc(Oc3cncc(OC)c3)nc(N3CC4C(N)C4C3)c12. The van der Waals surface area contributed by atoms with Gasteiger partial charge in [-0.25, -0.2) is 0 Å². The topological polar surface area (TPSA) is 114 Å². The van der Waals surface area contributed by atoms with Crippen molar-refractivity contribution in [2.24, 2.45) is 17.6 Å². The third kappa shape index (κ3) is 2.84. The van der Waals surface area contributed by atoms with Crippen LogP contribution < -0.4 is 25.4 Å². The molecule has 0 radical (unpaired) electrons. The van der Waals surface area contributed by atoms with Gasteiger partial charge in [0.1, 0.15) is 17.2 Å². The zero-order chi connectivity index (χ0) is 21.1. The van der Waals surface area contributed by atoms with Gasteiger partial charge in [0, 0.05) is 37.6 Å². The number of nitrogens with one attached hydrogen (secondary N) is 2. The summed E-state index contributed by atoms with van der Waals surface area (Å²) in [5.74, 6) is 3.07. The van der Waals surface area contributed by atoms with Crippen LogP contribution in [-0.2, 0) is 0 Å². The molecule has 0 bridgehead atoms. The molecule has 31 heavy (non-hydrogen) atoms. The lowest BCUT2D eigenvalue weighted by Gasteiger charge is -2.21. The maximum atomic E-state index is 6.18. The van der Waals surface area contributed by atoms with Crippen LogP contribution in [-0.4, -0.2) is 53.2 Å². The molecule has 4 heterocycles. The number of fused-ring (bicyclic) bond motifs is 4. The van der Waals surface area contributed by atoms with Crippen molar-refractivity contribution in [1.29, 1.82) is 0 Å². The number of hydrogen-bond donors (Lipinski definition) is 3. The Bertz CT molecular complexity index is 1290. The summed E-state index contributed by atoms with van der Waals surface area (Å²) < 4.78 is 11.2. The third-order valence-electron chi connectivity index (χ3n) is 6.41. The first-order valence-corrected chi connectivity index (χ1v) is 10.3. The predicted molar refractivity (Wildman–Crippen MR) is 119 cm³/mol. The number of benzene rings is 1. The molecule has 1 saturated carbocycles. The summed E-state index contributed by atoms with van der Waals surface area (Å²) in [4.78, 5) is 19.4. The fourth-order valence-corrected chi connectivity index (χ4v) is 4.68. The van der Waals surface area contributed by atoms with Gasteiger partial charge < -0.3 is 30.4 Å². The number of aromatic nitrogens is 4. The van der Waals surface area contributed by atoms with Gasteiger partial charge in [-0.1, -0.05) is 12.1 Å². The van der Waals surface area contributed by atoms with Crippen molar-refractivity contribution in [3.8, 4) is 17.5 Å². The zero-order valence-corrected chi connectivity index (χ0v) is 17.3. The van der Waals surface area contributed by atoms with Crippen LogP contribution in [0.5, 0.6) is 17.5 Å². The molecule has 0 spiro atoms. The summed E-state index contributed by atoms with van der Waals surface area (Å²) in [5, 5.41) is 5.32. The number of ether oxygens (including phenoxy) is 2. The third-order valence-corrected chi connectivity index (χ3v) is 6.41. The van der Waals surface area contributed by atoms with Crippen LogP contribution in [0.1, 0.15) is 0 Å². The molecule has 2 unspecified atom stereocenters. The summed E-state index contributed by atoms with van der Waals surface area (Å²) >= 11 is 0. The largest absolute Gasteiger partial charge is 0.495 e. The molecule has 4 aromatic rings. The minimum absolute atomic E-state index is 0.264. The van der Waals surface area contributed by atoms with Crippen LogP contribution in [0.2, 0.25) is 0 Å². The monoisotopic (exact) mass is 417 g/mol. The highest BCUT2D eigenvalue weighted by molar-refractivity contribution is 6.14. The van der Waals surface area contributed by atoms with Gasteiger partial charge in [-0.2, -0.15) is 9.97 Å². The Hall–Kier alpha value is -3.59. The van der Waals surface area contributed by atoms with Gasteiger partial charge in [-0.05, 0) is 17.9 Å². The molecule has 4 N–H and O–H groups in total. The molecule has 158 valence electrons. The van der Waals surface area contributed by atoms with E-state index in [1.54, 1.807) is 25.6 Å². The van der Waals surface area contributed by atoms with Crippen molar-refractivity contribution < 1.29 is 9.47 Å². The van der Waals surface area contributed by atoms with Crippen molar-refractivity contribution >= 4 is 33.4 Å². The standard InChI is InChI=1S/C22H23N7O2/c1-24-16-5-3-4-13-17-20(26-19(13)16)27-22(31-12-6-11(30-2)7-25-8-12)28-21(17)29-9-14-15(10-29)18(14)23/h3-8,14-15,18,24H,9-10,23H2,1-2H3,(H,26,27,28). The average Bonchev–Trinajstić information content (AvgIpc) is 3.15. The van der Waals surface area contributed by atoms with E-state index in [0.29, 0.717) is 29.4 Å². The predicted octanol–water partition coefficient (Wildman–Crippen LogP) is 2.74. The molecule has 9 heteroatoms. The second-order valence-corrected chi connectivity index (χ2v) is 8.13. The quantitative estimate of drug-likeness (QED) is 0.454. The average molecular weight is 417 g/mol. The number of methoxy groups -OCH3 is 1. The van der Waals surface area contributed by atoms with E-state index >= 15 is 0 Å². The van der Waals surface area contributed by atoms with Crippen LogP contribution in [0.25, 0.3) is 21.9 Å². The molecule has 1 aliphatic carbocycles. The van der Waals surface area contributed by atoms with Gasteiger partial charge in [0.05, 0.1) is 36.1 Å². The number of hydrogen-bond acceptors (Lipinski definition) is 8. The second kappa shape index (κ2) is 6.71. The van der Waals surface area contributed by atoms with E-state index in [0.717, 1.165) is 46.5 Å². The Kier molecular flexibility index (Phi) is 3.94. The normalized spacial score (nSPS) is 22.0. The minimum Gasteiger partial charge on any atom is -0.495 e. The Morgan fingerprint density at radius 3 is 2.74 bits per heavy atom. The highest BCUT2D eigenvalue weighted by Crippen LogP contribution is 2.47. The number of aromatic amines is 1. The summed E-state index contributed by atoms with van der Waals surface area (Å²) in [6.45, 7) is 1.80. The molecule has 1 aliphatic heterocycles. The van der Waals surface area contributed by atoms with Gasteiger partial charge in [0.15, 0.2) is 5.75 Å². The van der Waals surface area contributed by atoms with E-state index in [2.05, 4.69) is 31.2 Å². The number of rotatable bonds is 5. The first kappa shape index (κ1) is 18.2. The molecule has 2 atom stereocenters. The number of nitrogens with two attached hydrogens (primary N) is 1. The van der Waals surface area contributed by atoms with Gasteiger partial charge in [0.2, 0.25) is 0 Å². The lowest BCUT2D eigenvalue weighted by Crippen LogP contribution is -2.29. The fourth-order valence-electron chi connectivity index (χ4n) is 4.68. The summed E-state index contributed by atoms with van der Waals surface area (Å²) in [7, 11) is 3.50. The van der Waals surface area contributed by atoms with E-state index in [1.165, 1.54) is 0 Å². The molecule has 1 aromatic carbocycles. The molecule has 2 fully saturated rings. The number of piperidine rings is 1. The van der Waals surface area contributed by atoms with Crippen LogP contribution in [0.4, 0.5) is 11.5 Å². The van der Waals surface area contributed by atoms with E-state index in [-0.39, 0.29) is 6.01 Å². The molecule has 6 rings (SSSR count). The smallest absolute Gasteiger partial charge is 0.326 e. The Morgan fingerprint density at radius 2 is 1.97 bits per heavy atom. The van der Waals surface area contributed by atoms with Crippen molar-refractivity contribution in [3.63, 3.8) is 0 Å². The van der Waals surface area contributed by atoms with E-state index < -0.39 is 0 Å². The molecule has 2 aliphatic rings. The number of pyridine rings is 1. The molecular formula is C22H23N7O2. The Labute approximate surface area is 178 Å². The maximum absolute atomic E-state index is 6.18. The molecule has 1 saturated heterocycles. The summed E-state index contributed by atoms with van der Waals surface area (Å²) in [5.41, 5.74) is 8.91.